The topological polar surface area (TPSA) is 58.4 Å². The molecule has 5 rings (SSSR count). The average Bonchev–Trinajstić information content (AvgIpc) is 3.32. The van der Waals surface area contributed by atoms with E-state index in [9.17, 15) is 4.39 Å². The van der Waals surface area contributed by atoms with Crippen LogP contribution < -0.4 is 10.2 Å². The second-order valence-electron chi connectivity index (χ2n) is 7.54. The molecular formula is C21H23FN6. The standard InChI is InChI=1S/C21H23FN6/c1-13-5-6-18-16(10-15(22)11-23-18)19-4-3-8-27(19)20-7-9-28-21(26-20)17(12-24-28)14(2)25-13/h7,9-13,19,25H,2-6,8H2,1H3/t13-,19-/m1/s1/i13D. The number of nitrogens with one attached hydrogen (secondary N) is 1. The molecule has 2 bridgehead atoms. The Hall–Kier alpha value is -2.96. The predicted octanol–water partition coefficient (Wildman–Crippen LogP) is 3.50. The Kier molecular flexibility index (Phi) is 3.77. The number of fused-ring (bicyclic) bond motifs is 5. The first-order valence-corrected chi connectivity index (χ1v) is 9.64. The lowest BCUT2D eigenvalue weighted by atomic mass is 9.98. The number of aromatic nitrogens is 4. The summed E-state index contributed by atoms with van der Waals surface area (Å²) in [4.78, 5) is 11.5. The third-order valence-corrected chi connectivity index (χ3v) is 5.66. The zero-order chi connectivity index (χ0) is 20.2. The van der Waals surface area contributed by atoms with E-state index in [1.165, 1.54) is 6.20 Å². The van der Waals surface area contributed by atoms with Crippen LogP contribution in [0, 0.1) is 5.82 Å². The molecular weight excluding hydrogens is 355 g/mol. The summed E-state index contributed by atoms with van der Waals surface area (Å²) in [6, 6.07) is 2.60. The minimum Gasteiger partial charge on any atom is -0.382 e. The molecule has 7 heteroatoms. The van der Waals surface area contributed by atoms with Gasteiger partial charge < -0.3 is 10.2 Å². The van der Waals surface area contributed by atoms with Gasteiger partial charge in [-0.15, -0.1) is 0 Å². The number of anilines is 1. The van der Waals surface area contributed by atoms with Crippen molar-refractivity contribution in [3.05, 3.63) is 59.9 Å². The molecule has 2 aliphatic heterocycles. The fraction of sp³-hybridized carbons (Fsp3) is 0.381. The highest BCUT2D eigenvalue weighted by Crippen LogP contribution is 2.37. The lowest BCUT2D eigenvalue weighted by Crippen LogP contribution is -2.26. The molecule has 0 radical (unpaired) electrons. The molecule has 1 N–H and O–H groups in total. The van der Waals surface area contributed by atoms with Gasteiger partial charge in [0.15, 0.2) is 5.65 Å². The van der Waals surface area contributed by atoms with Crippen molar-refractivity contribution in [1.82, 2.24) is 24.9 Å². The van der Waals surface area contributed by atoms with Crippen molar-refractivity contribution in [3.63, 3.8) is 0 Å². The van der Waals surface area contributed by atoms with Crippen LogP contribution in [0.25, 0.3) is 11.3 Å². The van der Waals surface area contributed by atoms with Gasteiger partial charge in [-0.3, -0.25) is 4.98 Å². The fourth-order valence-electron chi connectivity index (χ4n) is 4.27. The quantitative estimate of drug-likeness (QED) is 0.648. The second-order valence-corrected chi connectivity index (χ2v) is 7.54. The van der Waals surface area contributed by atoms with E-state index in [0.717, 1.165) is 42.0 Å². The molecule has 1 saturated heterocycles. The number of hydrogen-bond donors (Lipinski definition) is 1. The van der Waals surface area contributed by atoms with Crippen LogP contribution in [0.2, 0.25) is 0 Å². The summed E-state index contributed by atoms with van der Waals surface area (Å²) in [5.74, 6) is 0.499. The van der Waals surface area contributed by atoms with E-state index in [2.05, 4.69) is 26.9 Å². The summed E-state index contributed by atoms with van der Waals surface area (Å²) in [6.07, 6.45) is 7.89. The maximum absolute atomic E-state index is 14.1. The van der Waals surface area contributed by atoms with Crippen molar-refractivity contribution >= 4 is 17.2 Å². The van der Waals surface area contributed by atoms with Gasteiger partial charge in [-0.1, -0.05) is 6.58 Å². The lowest BCUT2D eigenvalue weighted by Gasteiger charge is -2.27. The van der Waals surface area contributed by atoms with Gasteiger partial charge in [-0.05, 0) is 50.3 Å². The smallest absolute Gasteiger partial charge is 0.166 e. The van der Waals surface area contributed by atoms with Crippen LogP contribution >= 0.6 is 0 Å². The Morgan fingerprint density at radius 3 is 3.14 bits per heavy atom. The number of halogens is 1. The van der Waals surface area contributed by atoms with Gasteiger partial charge in [0.25, 0.3) is 0 Å². The van der Waals surface area contributed by atoms with Crippen molar-refractivity contribution < 1.29 is 5.76 Å². The molecule has 144 valence electrons. The van der Waals surface area contributed by atoms with Crippen LogP contribution in [0.1, 0.15) is 50.4 Å². The van der Waals surface area contributed by atoms with Gasteiger partial charge in [-0.25, -0.2) is 13.9 Å². The summed E-state index contributed by atoms with van der Waals surface area (Å²) in [5.41, 5.74) is 3.83. The van der Waals surface area contributed by atoms with Crippen molar-refractivity contribution in [2.45, 2.75) is 44.7 Å². The third kappa shape index (κ3) is 2.82. The highest BCUT2D eigenvalue weighted by Gasteiger charge is 2.30. The van der Waals surface area contributed by atoms with E-state index in [0.29, 0.717) is 24.2 Å². The molecule has 2 atom stereocenters. The normalized spacial score (nSPS) is 25.4. The van der Waals surface area contributed by atoms with E-state index < -0.39 is 6.02 Å². The summed E-state index contributed by atoms with van der Waals surface area (Å²) in [5, 5.41) is 7.58. The number of nitrogens with zero attached hydrogens (tertiary/aromatic N) is 5. The molecule has 28 heavy (non-hydrogen) atoms. The van der Waals surface area contributed by atoms with E-state index in [4.69, 9.17) is 6.35 Å². The van der Waals surface area contributed by atoms with Crippen molar-refractivity contribution in [2.24, 2.45) is 0 Å². The first kappa shape index (κ1) is 16.0. The predicted molar refractivity (Wildman–Crippen MR) is 106 cm³/mol. The zero-order valence-electron chi connectivity index (χ0n) is 16.8. The fourth-order valence-corrected chi connectivity index (χ4v) is 4.27. The minimum absolute atomic E-state index is 0.0171. The number of hydrogen-bond acceptors (Lipinski definition) is 5. The maximum Gasteiger partial charge on any atom is 0.166 e. The Morgan fingerprint density at radius 2 is 2.25 bits per heavy atom. The number of pyridine rings is 1. The van der Waals surface area contributed by atoms with Crippen LogP contribution in [0.5, 0.6) is 0 Å². The van der Waals surface area contributed by atoms with Crippen molar-refractivity contribution in [2.75, 3.05) is 11.4 Å². The molecule has 3 aromatic rings. The molecule has 3 aromatic heterocycles. The van der Waals surface area contributed by atoms with Gasteiger partial charge in [0, 0.05) is 30.2 Å². The summed E-state index contributed by atoms with van der Waals surface area (Å²) >= 11 is 0. The van der Waals surface area contributed by atoms with Gasteiger partial charge >= 0.3 is 0 Å². The average molecular weight is 379 g/mol. The van der Waals surface area contributed by atoms with Crippen LogP contribution in [0.15, 0.2) is 37.3 Å². The van der Waals surface area contributed by atoms with Gasteiger partial charge in [0.1, 0.15) is 11.6 Å². The molecule has 0 spiro atoms. The molecule has 0 unspecified atom stereocenters. The first-order valence-electron chi connectivity index (χ1n) is 10.1. The largest absolute Gasteiger partial charge is 0.382 e. The zero-order valence-corrected chi connectivity index (χ0v) is 15.8. The van der Waals surface area contributed by atoms with Crippen molar-refractivity contribution in [1.29, 1.82) is 0 Å². The molecule has 0 aromatic carbocycles. The molecule has 6 nitrogen and oxygen atoms in total. The van der Waals surface area contributed by atoms with Crippen LogP contribution in [-0.2, 0) is 6.42 Å². The molecule has 5 heterocycles. The highest BCUT2D eigenvalue weighted by molar-refractivity contribution is 5.74. The van der Waals surface area contributed by atoms with Gasteiger partial charge in [0.05, 0.1) is 25.4 Å². The maximum atomic E-state index is 14.1. The summed E-state index contributed by atoms with van der Waals surface area (Å²) in [7, 11) is 0. The monoisotopic (exact) mass is 379 g/mol. The van der Waals surface area contributed by atoms with Gasteiger partial charge in [0.2, 0.25) is 0 Å². The lowest BCUT2D eigenvalue weighted by molar-refractivity contribution is 0.575. The third-order valence-electron chi connectivity index (χ3n) is 5.66. The minimum atomic E-state index is -0.959. The number of aryl methyl sites for hydroxylation is 1. The summed E-state index contributed by atoms with van der Waals surface area (Å²) in [6.45, 7) is 6.79. The Labute approximate surface area is 164 Å². The Balaban J connectivity index is 1.70. The Bertz CT molecular complexity index is 1110. The molecule has 0 amide bonds. The second kappa shape index (κ2) is 6.58. The summed E-state index contributed by atoms with van der Waals surface area (Å²) < 4.78 is 24.6. The van der Waals surface area contributed by atoms with E-state index >= 15 is 0 Å². The van der Waals surface area contributed by atoms with Gasteiger partial charge in [-0.2, -0.15) is 5.10 Å². The molecule has 0 saturated carbocycles. The molecule has 1 fully saturated rings. The molecule has 2 aliphatic rings. The van der Waals surface area contributed by atoms with Crippen LogP contribution in [0.3, 0.4) is 0 Å². The number of rotatable bonds is 0. The van der Waals surface area contributed by atoms with Crippen LogP contribution in [-0.4, -0.2) is 32.1 Å². The van der Waals surface area contributed by atoms with E-state index in [1.54, 1.807) is 16.8 Å². The van der Waals surface area contributed by atoms with Crippen molar-refractivity contribution in [3.8, 4) is 0 Å². The van der Waals surface area contributed by atoms with E-state index in [1.807, 2.05) is 19.2 Å². The van der Waals surface area contributed by atoms with Crippen LogP contribution in [0.4, 0.5) is 10.2 Å². The highest BCUT2D eigenvalue weighted by atomic mass is 19.1. The Morgan fingerprint density at radius 1 is 1.36 bits per heavy atom. The van der Waals surface area contributed by atoms with E-state index in [-0.39, 0.29) is 11.9 Å². The SMILES string of the molecule is [2H][C@@]1(C)CCc2ncc(F)cc2[C@H]2CCCN2c2ccn3ncc(c3n2)C(=C)N1. The first-order chi connectivity index (χ1) is 13.9. The molecule has 0 aliphatic carbocycles.